The number of aryl methyl sites for hydroxylation is 1. The molecule has 1 aliphatic carbocycles. The molecule has 0 fully saturated rings. The topological polar surface area (TPSA) is 71.1 Å². The second-order valence-electron chi connectivity index (χ2n) is 11.9. The molecule has 4 atom stereocenters. The molecule has 260 valence electrons. The normalized spacial score (nSPS) is 18.9. The van der Waals surface area contributed by atoms with Crippen molar-refractivity contribution in [1.82, 2.24) is 0 Å². The van der Waals surface area contributed by atoms with Crippen molar-refractivity contribution in [3.8, 4) is 0 Å². The monoisotopic (exact) mass is 696 g/mol. The van der Waals surface area contributed by atoms with Gasteiger partial charge in [0.1, 0.15) is 6.10 Å². The molecule has 0 aliphatic heterocycles. The fourth-order valence-electron chi connectivity index (χ4n) is 6.72. The number of rotatable bonds is 8. The van der Waals surface area contributed by atoms with Crippen LogP contribution in [0.3, 0.4) is 0 Å². The van der Waals surface area contributed by atoms with E-state index in [2.05, 4.69) is 0 Å². The van der Waals surface area contributed by atoms with Crippen molar-refractivity contribution in [2.75, 3.05) is 14.2 Å². The first-order valence-corrected chi connectivity index (χ1v) is 15.5. The van der Waals surface area contributed by atoms with Gasteiger partial charge in [-0.15, -0.1) is 0 Å². The Bertz CT molecular complexity index is 2030. The molecular weight excluding hydrogens is 666 g/mol. The van der Waals surface area contributed by atoms with E-state index in [1.807, 2.05) is 18.2 Å². The van der Waals surface area contributed by atoms with Crippen LogP contribution in [0.5, 0.6) is 0 Å². The zero-order valence-electron chi connectivity index (χ0n) is 26.7. The van der Waals surface area contributed by atoms with Gasteiger partial charge in [-0.05, 0) is 52.1 Å². The van der Waals surface area contributed by atoms with Gasteiger partial charge in [-0.3, -0.25) is 0 Å². The lowest BCUT2D eigenvalue weighted by Gasteiger charge is -2.39. The quantitative estimate of drug-likeness (QED) is 0.0920. The van der Waals surface area contributed by atoms with E-state index in [1.165, 1.54) is 36.4 Å². The van der Waals surface area contributed by atoms with Gasteiger partial charge in [-0.25, -0.2) is 9.59 Å². The molecular formula is C38H30F6O6. The van der Waals surface area contributed by atoms with Gasteiger partial charge in [-0.2, -0.15) is 26.3 Å². The third kappa shape index (κ3) is 5.66. The Kier molecular flexibility index (Phi) is 9.12. The van der Waals surface area contributed by atoms with Crippen LogP contribution in [-0.4, -0.2) is 44.6 Å². The molecule has 6 nitrogen and oxygen atoms in total. The van der Waals surface area contributed by atoms with Gasteiger partial charge in [0.15, 0.2) is 6.10 Å². The fourth-order valence-corrected chi connectivity index (χ4v) is 6.72. The highest BCUT2D eigenvalue weighted by Gasteiger charge is 2.66. The fraction of sp³-hybridized carbons (Fsp3) is 0.263. The molecule has 0 saturated heterocycles. The second-order valence-corrected chi connectivity index (χ2v) is 11.9. The van der Waals surface area contributed by atoms with Gasteiger partial charge >= 0.3 is 24.3 Å². The van der Waals surface area contributed by atoms with Crippen LogP contribution < -0.4 is 0 Å². The van der Waals surface area contributed by atoms with Crippen LogP contribution in [0.4, 0.5) is 26.3 Å². The molecule has 0 saturated carbocycles. The number of alkyl halides is 6. The molecule has 0 unspecified atom stereocenters. The van der Waals surface area contributed by atoms with Crippen molar-refractivity contribution in [3.63, 3.8) is 0 Å². The van der Waals surface area contributed by atoms with Crippen molar-refractivity contribution in [1.29, 1.82) is 0 Å². The van der Waals surface area contributed by atoms with E-state index in [1.54, 1.807) is 30.3 Å². The van der Waals surface area contributed by atoms with Gasteiger partial charge in [0.2, 0.25) is 0 Å². The van der Waals surface area contributed by atoms with Crippen molar-refractivity contribution >= 4 is 33.5 Å². The first-order valence-electron chi connectivity index (χ1n) is 15.5. The molecule has 0 spiro atoms. The summed E-state index contributed by atoms with van der Waals surface area (Å²) in [5, 5.41) is 2.64. The number of esters is 2. The minimum atomic E-state index is -5.35. The van der Waals surface area contributed by atoms with Crippen LogP contribution in [0, 0.1) is 0 Å². The summed E-state index contributed by atoms with van der Waals surface area (Å²) in [6, 6.07) is 26.5. The minimum absolute atomic E-state index is 0.134. The Balaban J connectivity index is 1.53. The van der Waals surface area contributed by atoms with Crippen LogP contribution in [0.15, 0.2) is 109 Å². The van der Waals surface area contributed by atoms with Crippen molar-refractivity contribution in [2.45, 2.75) is 48.6 Å². The van der Waals surface area contributed by atoms with Crippen LogP contribution in [0.25, 0.3) is 21.5 Å². The van der Waals surface area contributed by atoms with Crippen LogP contribution >= 0.6 is 0 Å². The first-order chi connectivity index (χ1) is 23.8. The molecule has 6 rings (SSSR count). The summed E-state index contributed by atoms with van der Waals surface area (Å²) in [5.41, 5.74) is -7.67. The maximum absolute atomic E-state index is 15.0. The molecule has 0 bridgehead atoms. The van der Waals surface area contributed by atoms with Crippen LogP contribution in [0.2, 0.25) is 0 Å². The summed E-state index contributed by atoms with van der Waals surface area (Å²) < 4.78 is 111. The predicted molar refractivity (Wildman–Crippen MR) is 171 cm³/mol. The van der Waals surface area contributed by atoms with Crippen molar-refractivity contribution in [2.24, 2.45) is 0 Å². The van der Waals surface area contributed by atoms with Gasteiger partial charge in [0, 0.05) is 30.9 Å². The summed E-state index contributed by atoms with van der Waals surface area (Å²) in [6.45, 7) is 0. The molecule has 50 heavy (non-hydrogen) atoms. The summed E-state index contributed by atoms with van der Waals surface area (Å²) in [5.74, 6) is -3.77. The van der Waals surface area contributed by atoms with Crippen molar-refractivity contribution in [3.05, 3.63) is 131 Å². The van der Waals surface area contributed by atoms with Gasteiger partial charge in [0.25, 0.3) is 11.2 Å². The minimum Gasteiger partial charge on any atom is -0.455 e. The summed E-state index contributed by atoms with van der Waals surface area (Å²) in [6.07, 6.45) is -14.2. The highest BCUT2D eigenvalue weighted by atomic mass is 19.4. The Labute approximate surface area is 282 Å². The highest BCUT2D eigenvalue weighted by molar-refractivity contribution is 6.00. The van der Waals surface area contributed by atoms with E-state index in [0.29, 0.717) is 30.6 Å². The Hall–Kier alpha value is -4.94. The second kappa shape index (κ2) is 13.1. The van der Waals surface area contributed by atoms with E-state index in [-0.39, 0.29) is 18.4 Å². The molecule has 0 amide bonds. The highest BCUT2D eigenvalue weighted by Crippen LogP contribution is 2.48. The van der Waals surface area contributed by atoms with Gasteiger partial charge in [-0.1, -0.05) is 97.1 Å². The largest absolute Gasteiger partial charge is 0.455 e. The first kappa shape index (κ1) is 34.9. The standard InChI is InChI=1S/C38H30F6O6/c1-47-35(37(39,40)41,27-13-5-3-6-14-27)33(45)49-30-20-19-23-17-18-26-21-24-11-9-10-12-25(24)22-29(26)31(23)32(30)50-34(46)36(48-2,38(42,43)44)28-15-7-4-8-16-28/h3-18,21-22,30,32H,19-20H2,1-2H3/t30-,32-,35-,36-/m0/s1. The number of benzene rings is 5. The molecule has 1 aliphatic rings. The number of carbonyl (C=O) groups is 2. The number of fused-ring (bicyclic) bond motifs is 4. The van der Waals surface area contributed by atoms with Gasteiger partial charge < -0.3 is 18.9 Å². The van der Waals surface area contributed by atoms with E-state index in [4.69, 9.17) is 18.9 Å². The third-order valence-electron chi connectivity index (χ3n) is 9.18. The summed E-state index contributed by atoms with van der Waals surface area (Å²) >= 11 is 0. The molecule has 0 N–H and O–H groups in total. The molecule has 0 heterocycles. The zero-order valence-corrected chi connectivity index (χ0v) is 26.7. The van der Waals surface area contributed by atoms with Crippen LogP contribution in [0.1, 0.15) is 34.8 Å². The summed E-state index contributed by atoms with van der Waals surface area (Å²) in [7, 11) is 1.40. The lowest BCUT2D eigenvalue weighted by Crippen LogP contribution is -2.54. The van der Waals surface area contributed by atoms with E-state index < -0.39 is 58.8 Å². The molecule has 5 aromatic carbocycles. The summed E-state index contributed by atoms with van der Waals surface area (Å²) in [4.78, 5) is 27.8. The Morgan fingerprint density at radius 2 is 1.08 bits per heavy atom. The Morgan fingerprint density at radius 1 is 0.600 bits per heavy atom. The number of carbonyl (C=O) groups excluding carboxylic acids is 2. The van der Waals surface area contributed by atoms with Crippen molar-refractivity contribution < 1.29 is 54.9 Å². The van der Waals surface area contributed by atoms with Crippen LogP contribution in [-0.2, 0) is 46.2 Å². The number of methoxy groups -OCH3 is 2. The smallest absolute Gasteiger partial charge is 0.432 e. The number of hydrogen-bond donors (Lipinski definition) is 0. The van der Waals surface area contributed by atoms with Gasteiger partial charge in [0.05, 0.1) is 0 Å². The lowest BCUT2D eigenvalue weighted by molar-refractivity contribution is -0.286. The number of ether oxygens (including phenoxy) is 4. The number of halogens is 6. The maximum Gasteiger partial charge on any atom is 0.432 e. The number of hydrogen-bond acceptors (Lipinski definition) is 6. The molecule has 5 aromatic rings. The average molecular weight is 697 g/mol. The molecule has 0 radical (unpaired) electrons. The Morgan fingerprint density at radius 3 is 1.58 bits per heavy atom. The van der Waals surface area contributed by atoms with E-state index >= 15 is 0 Å². The van der Waals surface area contributed by atoms with E-state index in [9.17, 15) is 35.9 Å². The zero-order chi connectivity index (χ0) is 35.9. The maximum atomic E-state index is 15.0. The SMILES string of the molecule is CO[C@](C(=O)O[C@H]1CCc2ccc3cc4ccccc4cc3c2[C@H]1OC(=O)[C@@](OC)(c1ccccc1)C(F)(F)F)(c1ccccc1)C(F)(F)F. The lowest BCUT2D eigenvalue weighted by atomic mass is 9.82. The third-order valence-corrected chi connectivity index (χ3v) is 9.18. The van der Waals surface area contributed by atoms with E-state index in [0.717, 1.165) is 35.0 Å². The molecule has 0 aromatic heterocycles. The predicted octanol–water partition coefficient (Wildman–Crippen LogP) is 8.64. The average Bonchev–Trinajstić information content (AvgIpc) is 3.09. The molecule has 12 heteroatoms.